The van der Waals surface area contributed by atoms with Crippen LogP contribution >= 0.6 is 0 Å². The van der Waals surface area contributed by atoms with Gasteiger partial charge in [-0.05, 0) is 42.6 Å². The zero-order valence-corrected chi connectivity index (χ0v) is 21.8. The van der Waals surface area contributed by atoms with E-state index in [1.807, 2.05) is 55.7 Å². The molecule has 0 spiro atoms. The minimum Gasteiger partial charge on any atom is -0.331 e. The maximum Gasteiger partial charge on any atom is 0.236 e. The Morgan fingerprint density at radius 2 is 1.86 bits per heavy atom. The Morgan fingerprint density at radius 3 is 2.46 bits per heavy atom. The van der Waals surface area contributed by atoms with Crippen LogP contribution in [0.15, 0.2) is 54.7 Å². The number of carbonyl (C=O) groups is 1. The molecule has 0 radical (unpaired) electrons. The maximum absolute atomic E-state index is 14.7. The summed E-state index contributed by atoms with van der Waals surface area (Å²) in [6, 6.07) is 11.9. The molecule has 37 heavy (non-hydrogen) atoms. The van der Waals surface area contributed by atoms with Crippen molar-refractivity contribution in [3.05, 3.63) is 77.8 Å². The van der Waals surface area contributed by atoms with Crippen molar-refractivity contribution in [1.82, 2.24) is 19.8 Å². The Bertz CT molecular complexity index is 1170. The molecule has 0 aliphatic carbocycles. The van der Waals surface area contributed by atoms with E-state index in [9.17, 15) is 18.0 Å². The van der Waals surface area contributed by atoms with E-state index in [1.54, 1.807) is 18.1 Å². The van der Waals surface area contributed by atoms with Crippen LogP contribution in [0, 0.1) is 17.0 Å². The summed E-state index contributed by atoms with van der Waals surface area (Å²) in [5.41, 5.74) is 6.55. The van der Waals surface area contributed by atoms with E-state index in [-0.39, 0.29) is 30.3 Å². The minimum absolute atomic E-state index is 0.0325. The molecule has 0 bridgehead atoms. The summed E-state index contributed by atoms with van der Waals surface area (Å²) in [7, 11) is 1.67. The van der Waals surface area contributed by atoms with Crippen molar-refractivity contribution in [3.63, 3.8) is 0 Å². The van der Waals surface area contributed by atoms with Gasteiger partial charge in [0.25, 0.3) is 0 Å². The van der Waals surface area contributed by atoms with Crippen LogP contribution in [-0.2, 0) is 11.3 Å². The van der Waals surface area contributed by atoms with Crippen molar-refractivity contribution in [2.45, 2.75) is 45.8 Å². The SMILES string of the molecule is CN[C@H](CF)CCN(C(=O)CN)[C@@H](c1nc(-c2cc(F)ccc2F)cn1Cc1ccccc1)C(C)(C)C. The van der Waals surface area contributed by atoms with Crippen molar-refractivity contribution < 1.29 is 18.0 Å². The van der Waals surface area contributed by atoms with Gasteiger partial charge < -0.3 is 20.5 Å². The molecule has 3 N–H and O–H groups in total. The van der Waals surface area contributed by atoms with Crippen LogP contribution < -0.4 is 11.1 Å². The first-order valence-electron chi connectivity index (χ1n) is 12.4. The summed E-state index contributed by atoms with van der Waals surface area (Å²) in [6.45, 7) is 5.77. The molecule has 0 saturated carbocycles. The fraction of sp³-hybridized carbons (Fsp3) is 0.429. The number of carbonyl (C=O) groups excluding carboxylic acids is 1. The van der Waals surface area contributed by atoms with Crippen molar-refractivity contribution in [2.75, 3.05) is 26.8 Å². The van der Waals surface area contributed by atoms with E-state index in [0.717, 1.165) is 23.8 Å². The summed E-state index contributed by atoms with van der Waals surface area (Å²) in [5, 5.41) is 2.92. The molecule has 0 aliphatic rings. The molecule has 6 nitrogen and oxygen atoms in total. The highest BCUT2D eigenvalue weighted by molar-refractivity contribution is 5.78. The topological polar surface area (TPSA) is 76.2 Å². The zero-order valence-electron chi connectivity index (χ0n) is 21.8. The third-order valence-electron chi connectivity index (χ3n) is 6.39. The lowest BCUT2D eigenvalue weighted by Crippen LogP contribution is -2.47. The Morgan fingerprint density at radius 1 is 1.16 bits per heavy atom. The second-order valence-electron chi connectivity index (χ2n) is 10.2. The smallest absolute Gasteiger partial charge is 0.236 e. The normalized spacial score (nSPS) is 13.4. The first kappa shape index (κ1) is 28.4. The second-order valence-corrected chi connectivity index (χ2v) is 10.2. The molecule has 2 atom stereocenters. The number of nitrogens with zero attached hydrogens (tertiary/aromatic N) is 3. The molecule has 0 fully saturated rings. The van der Waals surface area contributed by atoms with Crippen molar-refractivity contribution in [2.24, 2.45) is 11.1 Å². The van der Waals surface area contributed by atoms with Gasteiger partial charge in [0.05, 0.1) is 18.3 Å². The molecule has 2 aromatic carbocycles. The number of halogens is 3. The van der Waals surface area contributed by atoms with Crippen LogP contribution in [0.5, 0.6) is 0 Å². The Hall–Kier alpha value is -3.17. The number of aromatic nitrogens is 2. The van der Waals surface area contributed by atoms with E-state index in [2.05, 4.69) is 5.32 Å². The lowest BCUT2D eigenvalue weighted by atomic mass is 9.84. The minimum atomic E-state index is -0.598. The number of benzene rings is 2. The highest BCUT2D eigenvalue weighted by atomic mass is 19.1. The van der Waals surface area contributed by atoms with E-state index >= 15 is 0 Å². The lowest BCUT2D eigenvalue weighted by Gasteiger charge is -2.40. The molecule has 9 heteroatoms. The van der Waals surface area contributed by atoms with Crippen molar-refractivity contribution in [3.8, 4) is 11.3 Å². The van der Waals surface area contributed by atoms with Gasteiger partial charge in [0.15, 0.2) is 0 Å². The maximum atomic E-state index is 14.7. The summed E-state index contributed by atoms with van der Waals surface area (Å²) < 4.78 is 44.1. The van der Waals surface area contributed by atoms with Crippen LogP contribution in [0.1, 0.15) is 44.6 Å². The lowest BCUT2D eigenvalue weighted by molar-refractivity contribution is -0.135. The van der Waals surface area contributed by atoms with E-state index in [1.165, 1.54) is 0 Å². The van der Waals surface area contributed by atoms with Gasteiger partial charge in [-0.15, -0.1) is 0 Å². The van der Waals surface area contributed by atoms with Crippen LogP contribution in [0.3, 0.4) is 0 Å². The number of nitrogens with two attached hydrogens (primary N) is 1. The van der Waals surface area contributed by atoms with Gasteiger partial charge in [0.2, 0.25) is 5.91 Å². The largest absolute Gasteiger partial charge is 0.331 e. The predicted octanol–water partition coefficient (Wildman–Crippen LogP) is 4.70. The van der Waals surface area contributed by atoms with Gasteiger partial charge in [-0.25, -0.2) is 18.2 Å². The number of hydrogen-bond donors (Lipinski definition) is 2. The van der Waals surface area contributed by atoms with Gasteiger partial charge in [-0.2, -0.15) is 0 Å². The standard InChI is InChI=1S/C28H36F3N5O/c1-28(2,3)26(36(25(37)16-32)13-12-21(15-29)33-4)27-34-24(22-14-20(30)10-11-23(22)31)18-35(27)17-19-8-6-5-7-9-19/h5-11,14,18,21,26,33H,12-13,15-17,32H2,1-4H3/t21-,26-/m0/s1. The van der Waals surface area contributed by atoms with Crippen LogP contribution in [0.25, 0.3) is 11.3 Å². The first-order valence-corrected chi connectivity index (χ1v) is 12.4. The van der Waals surface area contributed by atoms with Gasteiger partial charge in [-0.1, -0.05) is 51.1 Å². The number of rotatable bonds is 11. The molecule has 1 aromatic heterocycles. The number of alkyl halides is 1. The summed E-state index contributed by atoms with van der Waals surface area (Å²) in [4.78, 5) is 19.6. The van der Waals surface area contributed by atoms with E-state index < -0.39 is 35.8 Å². The third-order valence-corrected chi connectivity index (χ3v) is 6.39. The highest BCUT2D eigenvalue weighted by Crippen LogP contribution is 2.39. The Labute approximate surface area is 216 Å². The monoisotopic (exact) mass is 515 g/mol. The van der Waals surface area contributed by atoms with E-state index in [0.29, 0.717) is 18.8 Å². The number of nitrogens with one attached hydrogen (secondary N) is 1. The fourth-order valence-corrected chi connectivity index (χ4v) is 4.48. The fourth-order valence-electron chi connectivity index (χ4n) is 4.48. The second kappa shape index (κ2) is 12.4. The third kappa shape index (κ3) is 6.99. The quantitative estimate of drug-likeness (QED) is 0.388. The average molecular weight is 516 g/mol. The van der Waals surface area contributed by atoms with Gasteiger partial charge in [-0.3, -0.25) is 4.79 Å². The Kier molecular flexibility index (Phi) is 9.50. The van der Waals surface area contributed by atoms with Crippen LogP contribution in [0.2, 0.25) is 0 Å². The molecule has 1 amide bonds. The molecule has 0 aliphatic heterocycles. The average Bonchev–Trinajstić information content (AvgIpc) is 3.27. The summed E-state index contributed by atoms with van der Waals surface area (Å²) >= 11 is 0. The molecular formula is C28H36F3N5O. The molecule has 1 heterocycles. The summed E-state index contributed by atoms with van der Waals surface area (Å²) in [6.07, 6.45) is 2.05. The number of amides is 1. The van der Waals surface area contributed by atoms with Crippen LogP contribution in [0.4, 0.5) is 13.2 Å². The van der Waals surface area contributed by atoms with Crippen molar-refractivity contribution >= 4 is 5.91 Å². The highest BCUT2D eigenvalue weighted by Gasteiger charge is 2.38. The Balaban J connectivity index is 2.17. The zero-order chi connectivity index (χ0) is 27.2. The summed E-state index contributed by atoms with van der Waals surface area (Å²) in [5.74, 6) is -0.967. The number of hydrogen-bond acceptors (Lipinski definition) is 4. The van der Waals surface area contributed by atoms with Crippen LogP contribution in [-0.4, -0.2) is 53.2 Å². The van der Waals surface area contributed by atoms with Gasteiger partial charge in [0.1, 0.15) is 24.1 Å². The molecule has 200 valence electrons. The molecular weight excluding hydrogens is 479 g/mol. The first-order chi connectivity index (χ1) is 17.6. The number of imidazole rings is 1. The van der Waals surface area contributed by atoms with E-state index in [4.69, 9.17) is 10.7 Å². The molecule has 3 rings (SSSR count). The molecule has 3 aromatic rings. The van der Waals surface area contributed by atoms with Crippen molar-refractivity contribution in [1.29, 1.82) is 0 Å². The van der Waals surface area contributed by atoms with Gasteiger partial charge >= 0.3 is 0 Å². The molecule has 0 saturated heterocycles. The predicted molar refractivity (Wildman–Crippen MR) is 140 cm³/mol. The van der Waals surface area contributed by atoms with Gasteiger partial charge in [0, 0.05) is 30.9 Å². The molecule has 0 unspecified atom stereocenters.